The van der Waals surface area contributed by atoms with Crippen LogP contribution >= 0.6 is 11.6 Å². The zero-order valence-corrected chi connectivity index (χ0v) is 7.88. The maximum atomic E-state index is 13.2. The molecule has 0 amide bonds. The van der Waals surface area contributed by atoms with Crippen molar-refractivity contribution in [2.24, 2.45) is 0 Å². The Kier molecular flexibility index (Phi) is 3.51. The van der Waals surface area contributed by atoms with Gasteiger partial charge in [0.25, 0.3) is 0 Å². The topological polar surface area (TPSA) is 29.5 Å². The fourth-order valence-corrected chi connectivity index (χ4v) is 1.15. The Morgan fingerprint density at radius 2 is 2.31 bits per heavy atom. The molecule has 0 bridgehead atoms. The fraction of sp³-hybridized carbons (Fsp3) is 0.333. The Bertz CT molecular complexity index is 291. The van der Waals surface area contributed by atoms with Gasteiger partial charge in [-0.3, -0.25) is 0 Å². The van der Waals surface area contributed by atoms with Crippen LogP contribution in [0, 0.1) is 5.82 Å². The van der Waals surface area contributed by atoms with Crippen molar-refractivity contribution in [3.05, 3.63) is 29.6 Å². The largest absolute Gasteiger partial charge is 0.497 e. The van der Waals surface area contributed by atoms with Crippen molar-refractivity contribution < 1.29 is 14.2 Å². The zero-order valence-electron chi connectivity index (χ0n) is 7.13. The summed E-state index contributed by atoms with van der Waals surface area (Å²) < 4.78 is 18.0. The molecule has 0 aromatic heterocycles. The van der Waals surface area contributed by atoms with Crippen LogP contribution in [-0.4, -0.2) is 18.1 Å². The van der Waals surface area contributed by atoms with E-state index in [2.05, 4.69) is 0 Å². The van der Waals surface area contributed by atoms with E-state index in [1.54, 1.807) is 6.07 Å². The average molecular weight is 205 g/mol. The number of ether oxygens (including phenoxy) is 1. The van der Waals surface area contributed by atoms with Gasteiger partial charge < -0.3 is 9.84 Å². The molecule has 1 aromatic carbocycles. The van der Waals surface area contributed by atoms with Crippen LogP contribution < -0.4 is 4.74 Å². The normalized spacial score (nSPS) is 12.6. The molecule has 0 spiro atoms. The van der Waals surface area contributed by atoms with Gasteiger partial charge in [0.1, 0.15) is 11.6 Å². The number of methoxy groups -OCH3 is 1. The molecule has 0 saturated carbocycles. The molecule has 0 radical (unpaired) electrons. The summed E-state index contributed by atoms with van der Waals surface area (Å²) in [5.41, 5.74) is 0.191. The first kappa shape index (κ1) is 10.3. The van der Waals surface area contributed by atoms with Crippen molar-refractivity contribution in [1.82, 2.24) is 0 Å². The summed E-state index contributed by atoms with van der Waals surface area (Å²) in [5, 5.41) is 9.26. The molecule has 1 unspecified atom stereocenters. The number of aliphatic hydroxyl groups excluding tert-OH is 1. The van der Waals surface area contributed by atoms with Crippen LogP contribution in [0.5, 0.6) is 5.75 Å². The van der Waals surface area contributed by atoms with Gasteiger partial charge in [0.15, 0.2) is 0 Å². The SMILES string of the molecule is COc1ccc(C(O)CCl)c(F)c1. The minimum absolute atomic E-state index is 0.0246. The first-order valence-electron chi connectivity index (χ1n) is 3.76. The van der Waals surface area contributed by atoms with Crippen molar-refractivity contribution in [1.29, 1.82) is 0 Å². The predicted octanol–water partition coefficient (Wildman–Crippen LogP) is 2.11. The van der Waals surface area contributed by atoms with Crippen LogP contribution in [0.4, 0.5) is 4.39 Å². The first-order valence-corrected chi connectivity index (χ1v) is 4.30. The zero-order chi connectivity index (χ0) is 9.84. The highest BCUT2D eigenvalue weighted by molar-refractivity contribution is 6.18. The van der Waals surface area contributed by atoms with Gasteiger partial charge in [-0.2, -0.15) is 0 Å². The summed E-state index contributed by atoms with van der Waals surface area (Å²) in [6, 6.07) is 4.25. The van der Waals surface area contributed by atoms with Gasteiger partial charge in [-0.05, 0) is 12.1 Å². The van der Waals surface area contributed by atoms with E-state index >= 15 is 0 Å². The van der Waals surface area contributed by atoms with E-state index < -0.39 is 11.9 Å². The second kappa shape index (κ2) is 4.44. The smallest absolute Gasteiger partial charge is 0.132 e. The summed E-state index contributed by atoms with van der Waals surface area (Å²) >= 11 is 5.38. The van der Waals surface area contributed by atoms with E-state index in [1.165, 1.54) is 19.2 Å². The van der Waals surface area contributed by atoms with E-state index in [-0.39, 0.29) is 11.4 Å². The number of benzene rings is 1. The Balaban J connectivity index is 2.98. The summed E-state index contributed by atoms with van der Waals surface area (Å²) in [6.45, 7) is 0. The first-order chi connectivity index (χ1) is 6.19. The fourth-order valence-electron chi connectivity index (χ4n) is 0.988. The van der Waals surface area contributed by atoms with E-state index in [0.29, 0.717) is 5.75 Å². The molecule has 13 heavy (non-hydrogen) atoms. The number of alkyl halides is 1. The molecule has 1 aromatic rings. The van der Waals surface area contributed by atoms with Crippen LogP contribution in [-0.2, 0) is 0 Å². The number of hydrogen-bond acceptors (Lipinski definition) is 2. The molecule has 0 heterocycles. The highest BCUT2D eigenvalue weighted by Crippen LogP contribution is 2.22. The van der Waals surface area contributed by atoms with Crippen LogP contribution in [0.25, 0.3) is 0 Å². The molecule has 4 heteroatoms. The molecule has 72 valence electrons. The molecular weight excluding hydrogens is 195 g/mol. The third-order valence-electron chi connectivity index (χ3n) is 1.71. The lowest BCUT2D eigenvalue weighted by Crippen LogP contribution is -2.01. The molecule has 1 rings (SSSR count). The summed E-state index contributed by atoms with van der Waals surface area (Å²) in [6.07, 6.45) is -0.965. The lowest BCUT2D eigenvalue weighted by atomic mass is 10.1. The van der Waals surface area contributed by atoms with Crippen LogP contribution in [0.3, 0.4) is 0 Å². The number of halogens is 2. The van der Waals surface area contributed by atoms with Crippen LogP contribution in [0.2, 0.25) is 0 Å². The Hall–Kier alpha value is -0.800. The summed E-state index contributed by atoms with van der Waals surface area (Å²) in [4.78, 5) is 0. The molecule has 0 aliphatic rings. The second-order valence-corrected chi connectivity index (χ2v) is 2.87. The van der Waals surface area contributed by atoms with Gasteiger partial charge >= 0.3 is 0 Å². The maximum absolute atomic E-state index is 13.2. The quantitative estimate of drug-likeness (QED) is 0.765. The number of hydrogen-bond donors (Lipinski definition) is 1. The van der Waals surface area contributed by atoms with E-state index in [0.717, 1.165) is 0 Å². The third-order valence-corrected chi connectivity index (χ3v) is 2.01. The van der Waals surface area contributed by atoms with Crippen molar-refractivity contribution in [3.8, 4) is 5.75 Å². The molecule has 2 nitrogen and oxygen atoms in total. The predicted molar refractivity (Wildman–Crippen MR) is 48.6 cm³/mol. The summed E-state index contributed by atoms with van der Waals surface area (Å²) in [5.74, 6) is -0.112. The number of aliphatic hydroxyl groups is 1. The van der Waals surface area contributed by atoms with E-state index in [4.69, 9.17) is 16.3 Å². The highest BCUT2D eigenvalue weighted by atomic mass is 35.5. The molecule has 0 aliphatic carbocycles. The maximum Gasteiger partial charge on any atom is 0.132 e. The Morgan fingerprint density at radius 1 is 1.62 bits per heavy atom. The third kappa shape index (κ3) is 2.32. The molecular formula is C9H10ClFO2. The van der Waals surface area contributed by atoms with Gasteiger partial charge in [0.2, 0.25) is 0 Å². The van der Waals surface area contributed by atoms with Crippen LogP contribution in [0.15, 0.2) is 18.2 Å². The van der Waals surface area contributed by atoms with Crippen LogP contribution in [0.1, 0.15) is 11.7 Å². The lowest BCUT2D eigenvalue weighted by molar-refractivity contribution is 0.197. The molecule has 0 aliphatic heterocycles. The second-order valence-electron chi connectivity index (χ2n) is 2.56. The van der Waals surface area contributed by atoms with E-state index in [1.807, 2.05) is 0 Å². The van der Waals surface area contributed by atoms with Gasteiger partial charge in [-0.15, -0.1) is 11.6 Å². The molecule has 0 saturated heterocycles. The van der Waals surface area contributed by atoms with Gasteiger partial charge in [-0.1, -0.05) is 0 Å². The van der Waals surface area contributed by atoms with Crippen molar-refractivity contribution in [2.45, 2.75) is 6.10 Å². The standard InChI is InChI=1S/C9H10ClFO2/c1-13-6-2-3-7(8(11)4-6)9(12)5-10/h2-4,9,12H,5H2,1H3. The Labute approximate surface area is 80.9 Å². The molecule has 1 atom stereocenters. The van der Waals surface area contributed by atoms with Crippen molar-refractivity contribution in [3.63, 3.8) is 0 Å². The Morgan fingerprint density at radius 3 is 2.77 bits per heavy atom. The number of rotatable bonds is 3. The molecule has 1 N–H and O–H groups in total. The minimum atomic E-state index is -0.965. The van der Waals surface area contributed by atoms with Gasteiger partial charge in [0.05, 0.1) is 19.1 Å². The van der Waals surface area contributed by atoms with Gasteiger partial charge in [-0.25, -0.2) is 4.39 Å². The average Bonchev–Trinajstić information content (AvgIpc) is 2.16. The van der Waals surface area contributed by atoms with E-state index in [9.17, 15) is 9.50 Å². The molecule has 0 fully saturated rings. The van der Waals surface area contributed by atoms with Crippen molar-refractivity contribution in [2.75, 3.05) is 13.0 Å². The lowest BCUT2D eigenvalue weighted by Gasteiger charge is -2.09. The van der Waals surface area contributed by atoms with Gasteiger partial charge in [0, 0.05) is 11.6 Å². The monoisotopic (exact) mass is 204 g/mol. The summed E-state index contributed by atoms with van der Waals surface area (Å²) in [7, 11) is 1.45. The highest BCUT2D eigenvalue weighted by Gasteiger charge is 2.11. The minimum Gasteiger partial charge on any atom is -0.497 e. The van der Waals surface area contributed by atoms with Crippen molar-refractivity contribution >= 4 is 11.6 Å².